The van der Waals surface area contributed by atoms with E-state index in [2.05, 4.69) is 10.4 Å². The summed E-state index contributed by atoms with van der Waals surface area (Å²) in [7, 11) is 1.58. The second-order valence-electron chi connectivity index (χ2n) is 6.02. The van der Waals surface area contributed by atoms with Gasteiger partial charge in [0.2, 0.25) is 5.91 Å². The van der Waals surface area contributed by atoms with Crippen LogP contribution < -0.4 is 15.7 Å². The average Bonchev–Trinajstić information content (AvgIpc) is 3.03. The molecule has 0 fully saturated rings. The SMILES string of the molecule is CCCNC(=O)Cn1c(-c2ccccc2)nn(-c2ccc(OC)cc2)c1=O. The van der Waals surface area contributed by atoms with Crippen molar-refractivity contribution >= 4 is 5.91 Å². The molecule has 0 aliphatic carbocycles. The number of rotatable bonds is 7. The van der Waals surface area contributed by atoms with Crippen molar-refractivity contribution in [3.8, 4) is 22.8 Å². The number of methoxy groups -OCH3 is 1. The zero-order valence-electron chi connectivity index (χ0n) is 15.4. The number of nitrogens with one attached hydrogen (secondary N) is 1. The van der Waals surface area contributed by atoms with Crippen LogP contribution in [-0.2, 0) is 11.3 Å². The summed E-state index contributed by atoms with van der Waals surface area (Å²) < 4.78 is 7.85. The van der Waals surface area contributed by atoms with Crippen LogP contribution in [0.15, 0.2) is 59.4 Å². The third-order valence-corrected chi connectivity index (χ3v) is 4.09. The minimum Gasteiger partial charge on any atom is -0.497 e. The van der Waals surface area contributed by atoms with Crippen molar-refractivity contribution in [2.45, 2.75) is 19.9 Å². The topological polar surface area (TPSA) is 78.2 Å². The van der Waals surface area contributed by atoms with Crippen molar-refractivity contribution in [3.05, 3.63) is 65.1 Å². The summed E-state index contributed by atoms with van der Waals surface area (Å²) in [6.45, 7) is 2.46. The summed E-state index contributed by atoms with van der Waals surface area (Å²) in [4.78, 5) is 25.2. The lowest BCUT2D eigenvalue weighted by Crippen LogP contribution is -2.33. The van der Waals surface area contributed by atoms with Gasteiger partial charge in [0.25, 0.3) is 0 Å². The number of carbonyl (C=O) groups is 1. The number of amides is 1. The summed E-state index contributed by atoms with van der Waals surface area (Å²) in [6.07, 6.45) is 0.831. The van der Waals surface area contributed by atoms with Crippen LogP contribution in [0.3, 0.4) is 0 Å². The molecule has 0 aliphatic rings. The van der Waals surface area contributed by atoms with Crippen LogP contribution >= 0.6 is 0 Å². The van der Waals surface area contributed by atoms with Crippen molar-refractivity contribution in [3.63, 3.8) is 0 Å². The van der Waals surface area contributed by atoms with Crippen LogP contribution in [0, 0.1) is 0 Å². The highest BCUT2D eigenvalue weighted by atomic mass is 16.5. The predicted molar refractivity (Wildman–Crippen MR) is 103 cm³/mol. The van der Waals surface area contributed by atoms with E-state index in [1.165, 1.54) is 9.25 Å². The molecule has 0 saturated heterocycles. The van der Waals surface area contributed by atoms with E-state index < -0.39 is 0 Å². The molecular weight excluding hydrogens is 344 g/mol. The maximum atomic E-state index is 13.0. The van der Waals surface area contributed by atoms with Gasteiger partial charge in [-0.15, -0.1) is 5.10 Å². The maximum Gasteiger partial charge on any atom is 0.351 e. The van der Waals surface area contributed by atoms with Gasteiger partial charge in [-0.05, 0) is 30.7 Å². The van der Waals surface area contributed by atoms with Gasteiger partial charge in [0.15, 0.2) is 5.82 Å². The Morgan fingerprint density at radius 2 is 1.81 bits per heavy atom. The molecule has 27 heavy (non-hydrogen) atoms. The Morgan fingerprint density at radius 1 is 1.11 bits per heavy atom. The molecule has 0 aliphatic heterocycles. The van der Waals surface area contributed by atoms with Gasteiger partial charge in [-0.2, -0.15) is 4.68 Å². The van der Waals surface area contributed by atoms with Gasteiger partial charge in [-0.1, -0.05) is 37.3 Å². The monoisotopic (exact) mass is 366 g/mol. The number of carbonyl (C=O) groups excluding carboxylic acids is 1. The van der Waals surface area contributed by atoms with Gasteiger partial charge >= 0.3 is 5.69 Å². The molecule has 3 rings (SSSR count). The highest BCUT2D eigenvalue weighted by molar-refractivity contribution is 5.76. The van der Waals surface area contributed by atoms with Crippen molar-refractivity contribution in [2.75, 3.05) is 13.7 Å². The van der Waals surface area contributed by atoms with Crippen LogP contribution in [0.25, 0.3) is 17.1 Å². The van der Waals surface area contributed by atoms with Gasteiger partial charge in [-0.25, -0.2) is 4.79 Å². The molecule has 0 unspecified atom stereocenters. The van der Waals surface area contributed by atoms with Crippen LogP contribution in [-0.4, -0.2) is 33.9 Å². The molecule has 3 aromatic rings. The zero-order chi connectivity index (χ0) is 19.2. The second-order valence-corrected chi connectivity index (χ2v) is 6.02. The van der Waals surface area contributed by atoms with E-state index in [0.29, 0.717) is 23.8 Å². The molecule has 0 spiro atoms. The summed E-state index contributed by atoms with van der Waals surface area (Å²) in [5, 5.41) is 7.28. The highest BCUT2D eigenvalue weighted by Gasteiger charge is 2.18. The fraction of sp³-hybridized carbons (Fsp3) is 0.250. The van der Waals surface area contributed by atoms with Crippen molar-refractivity contribution in [1.29, 1.82) is 0 Å². The molecule has 7 nitrogen and oxygen atoms in total. The maximum absolute atomic E-state index is 13.0. The van der Waals surface area contributed by atoms with Gasteiger partial charge in [0, 0.05) is 12.1 Å². The fourth-order valence-corrected chi connectivity index (χ4v) is 2.70. The summed E-state index contributed by atoms with van der Waals surface area (Å²) in [5.74, 6) is 0.918. The number of aromatic nitrogens is 3. The second kappa shape index (κ2) is 8.35. The first-order valence-corrected chi connectivity index (χ1v) is 8.80. The Morgan fingerprint density at radius 3 is 2.44 bits per heavy atom. The quantitative estimate of drug-likeness (QED) is 0.696. The smallest absolute Gasteiger partial charge is 0.351 e. The van der Waals surface area contributed by atoms with E-state index in [4.69, 9.17) is 4.74 Å². The molecule has 1 heterocycles. The van der Waals surface area contributed by atoms with Gasteiger partial charge in [-0.3, -0.25) is 9.36 Å². The minimum atomic E-state index is -0.370. The first-order chi connectivity index (χ1) is 13.1. The molecule has 140 valence electrons. The third kappa shape index (κ3) is 4.08. The predicted octanol–water partition coefficient (Wildman–Crippen LogP) is 2.24. The summed E-state index contributed by atoms with van der Waals surface area (Å²) >= 11 is 0. The first kappa shape index (κ1) is 18.4. The number of nitrogens with zero attached hydrogens (tertiary/aromatic N) is 3. The largest absolute Gasteiger partial charge is 0.497 e. The average molecular weight is 366 g/mol. The fourth-order valence-electron chi connectivity index (χ4n) is 2.70. The molecule has 0 saturated carbocycles. The number of ether oxygens (including phenoxy) is 1. The van der Waals surface area contributed by atoms with E-state index in [1.807, 2.05) is 37.3 Å². The number of hydrogen-bond acceptors (Lipinski definition) is 4. The Balaban J connectivity index is 2.05. The number of benzene rings is 2. The van der Waals surface area contributed by atoms with Crippen LogP contribution in [0.5, 0.6) is 5.75 Å². The van der Waals surface area contributed by atoms with E-state index in [1.54, 1.807) is 31.4 Å². The molecule has 1 N–H and O–H groups in total. The Kier molecular flexibility index (Phi) is 5.71. The van der Waals surface area contributed by atoms with Crippen molar-refractivity contribution in [1.82, 2.24) is 19.7 Å². The van der Waals surface area contributed by atoms with Gasteiger partial charge in [0.05, 0.1) is 12.8 Å². The minimum absolute atomic E-state index is 0.0841. The molecular formula is C20H22N4O3. The van der Waals surface area contributed by atoms with Crippen molar-refractivity contribution in [2.24, 2.45) is 0 Å². The standard InChI is InChI=1S/C20H22N4O3/c1-3-13-21-18(25)14-23-19(15-7-5-4-6-8-15)22-24(20(23)26)16-9-11-17(27-2)12-10-16/h4-12H,3,13-14H2,1-2H3,(H,21,25). The Bertz CT molecular complexity index is 959. The third-order valence-electron chi connectivity index (χ3n) is 4.09. The van der Waals surface area contributed by atoms with E-state index >= 15 is 0 Å². The van der Waals surface area contributed by atoms with E-state index in [0.717, 1.165) is 12.0 Å². The van der Waals surface area contributed by atoms with Crippen LogP contribution in [0.1, 0.15) is 13.3 Å². The van der Waals surface area contributed by atoms with E-state index in [9.17, 15) is 9.59 Å². The molecule has 0 atom stereocenters. The van der Waals surface area contributed by atoms with E-state index in [-0.39, 0.29) is 18.1 Å². The van der Waals surface area contributed by atoms with Crippen molar-refractivity contribution < 1.29 is 9.53 Å². The zero-order valence-corrected chi connectivity index (χ0v) is 15.4. The normalized spacial score (nSPS) is 10.6. The first-order valence-electron chi connectivity index (χ1n) is 8.80. The Labute approximate surface area is 157 Å². The molecule has 1 aromatic heterocycles. The lowest BCUT2D eigenvalue weighted by Gasteiger charge is -2.06. The van der Waals surface area contributed by atoms with Crippen LogP contribution in [0.2, 0.25) is 0 Å². The van der Waals surface area contributed by atoms with Crippen LogP contribution in [0.4, 0.5) is 0 Å². The van der Waals surface area contributed by atoms with Gasteiger partial charge < -0.3 is 10.1 Å². The molecule has 2 aromatic carbocycles. The molecule has 1 amide bonds. The molecule has 0 bridgehead atoms. The Hall–Kier alpha value is -3.35. The highest BCUT2D eigenvalue weighted by Crippen LogP contribution is 2.18. The summed E-state index contributed by atoms with van der Waals surface area (Å²) in [6, 6.07) is 16.4. The lowest BCUT2D eigenvalue weighted by atomic mass is 10.2. The molecule has 7 heteroatoms. The summed E-state index contributed by atoms with van der Waals surface area (Å²) in [5.41, 5.74) is 1.00. The molecule has 0 radical (unpaired) electrons. The lowest BCUT2D eigenvalue weighted by molar-refractivity contribution is -0.121. The number of hydrogen-bond donors (Lipinski definition) is 1. The van der Waals surface area contributed by atoms with Gasteiger partial charge in [0.1, 0.15) is 12.3 Å².